The molecule has 0 fully saturated rings. The molecule has 174 valence electrons. The first-order valence-electron chi connectivity index (χ1n) is 11.2. The highest BCUT2D eigenvalue weighted by atomic mass is 35.5. The van der Waals surface area contributed by atoms with E-state index in [0.29, 0.717) is 27.6 Å². The second-order valence-electron chi connectivity index (χ2n) is 8.74. The third-order valence-electron chi connectivity index (χ3n) is 6.16. The van der Waals surface area contributed by atoms with Crippen LogP contribution in [0, 0.1) is 32.1 Å². The first-order valence-corrected chi connectivity index (χ1v) is 12.6. The minimum atomic E-state index is -0.460. The molecule has 0 saturated carbocycles. The van der Waals surface area contributed by atoms with Crippen LogP contribution >= 0.6 is 23.4 Å². The Kier molecular flexibility index (Phi) is 7.16. The molecular weight excluding hydrogens is 466 g/mol. The molecule has 0 saturated heterocycles. The summed E-state index contributed by atoms with van der Waals surface area (Å²) in [6, 6.07) is 13.7. The molecule has 0 radical (unpaired) electrons. The van der Waals surface area contributed by atoms with Crippen LogP contribution in [0.3, 0.4) is 0 Å². The van der Waals surface area contributed by atoms with E-state index in [1.807, 2.05) is 45.0 Å². The molecule has 1 aliphatic carbocycles. The van der Waals surface area contributed by atoms with Gasteiger partial charge in [0, 0.05) is 28.4 Å². The minimum absolute atomic E-state index is 0.0635. The van der Waals surface area contributed by atoms with Gasteiger partial charge in [0.2, 0.25) is 5.91 Å². The molecule has 1 heterocycles. The van der Waals surface area contributed by atoms with E-state index in [2.05, 4.69) is 16.7 Å². The summed E-state index contributed by atoms with van der Waals surface area (Å²) in [7, 11) is 0. The maximum atomic E-state index is 12.9. The molecule has 5 nitrogen and oxygen atoms in total. The van der Waals surface area contributed by atoms with Crippen LogP contribution < -0.4 is 10.6 Å². The number of benzene rings is 2. The van der Waals surface area contributed by atoms with Gasteiger partial charge in [-0.2, -0.15) is 5.26 Å². The van der Waals surface area contributed by atoms with Gasteiger partial charge in [-0.15, -0.1) is 0 Å². The molecule has 2 aliphatic rings. The number of carbonyl (C=O) groups is 2. The van der Waals surface area contributed by atoms with E-state index in [1.54, 1.807) is 12.1 Å². The van der Waals surface area contributed by atoms with Crippen molar-refractivity contribution in [2.75, 3.05) is 11.1 Å². The number of dihydropyridines is 1. The van der Waals surface area contributed by atoms with Crippen molar-refractivity contribution in [3.63, 3.8) is 0 Å². The highest BCUT2D eigenvalue weighted by molar-refractivity contribution is 8.03. The number of hydrogen-bond donors (Lipinski definition) is 2. The van der Waals surface area contributed by atoms with Crippen LogP contribution in [0.25, 0.3) is 0 Å². The lowest BCUT2D eigenvalue weighted by molar-refractivity contribution is -0.116. The Balaban J connectivity index is 1.61. The number of aryl methyl sites for hydroxylation is 3. The van der Waals surface area contributed by atoms with Gasteiger partial charge in [-0.05, 0) is 62.4 Å². The molecule has 1 aliphatic heterocycles. The largest absolute Gasteiger partial charge is 0.352 e. The maximum absolute atomic E-state index is 12.9. The molecular formula is C27H26ClN3O2S. The quantitative estimate of drug-likeness (QED) is 0.530. The molecule has 2 aromatic rings. The van der Waals surface area contributed by atoms with Crippen LogP contribution in [0.5, 0.6) is 0 Å². The average molecular weight is 492 g/mol. The van der Waals surface area contributed by atoms with Crippen LogP contribution in [0.2, 0.25) is 5.02 Å². The van der Waals surface area contributed by atoms with E-state index in [0.717, 1.165) is 46.5 Å². The third kappa shape index (κ3) is 4.91. The fraction of sp³-hybridized carbons (Fsp3) is 0.296. The van der Waals surface area contributed by atoms with Gasteiger partial charge in [0.1, 0.15) is 0 Å². The third-order valence-corrected chi connectivity index (χ3v) is 7.42. The van der Waals surface area contributed by atoms with Crippen molar-refractivity contribution in [3.05, 3.63) is 85.5 Å². The highest BCUT2D eigenvalue weighted by Gasteiger charge is 2.37. The van der Waals surface area contributed by atoms with Crippen molar-refractivity contribution in [1.29, 1.82) is 5.26 Å². The van der Waals surface area contributed by atoms with E-state index in [-0.39, 0.29) is 17.4 Å². The van der Waals surface area contributed by atoms with E-state index >= 15 is 0 Å². The molecule has 2 N–H and O–H groups in total. The number of nitriles is 1. The molecule has 1 atom stereocenters. The molecule has 34 heavy (non-hydrogen) atoms. The monoisotopic (exact) mass is 491 g/mol. The van der Waals surface area contributed by atoms with Gasteiger partial charge in [0.15, 0.2) is 5.78 Å². The molecule has 1 amide bonds. The van der Waals surface area contributed by atoms with Crippen molar-refractivity contribution >= 4 is 40.7 Å². The Morgan fingerprint density at radius 2 is 1.85 bits per heavy atom. The first kappa shape index (κ1) is 24.1. The number of thioether (sulfide) groups is 1. The number of allylic oxidation sites excluding steroid dienone is 3. The first-order chi connectivity index (χ1) is 16.3. The molecule has 0 aromatic heterocycles. The lowest BCUT2D eigenvalue weighted by Gasteiger charge is -2.33. The minimum Gasteiger partial charge on any atom is -0.352 e. The number of halogens is 1. The zero-order valence-corrected chi connectivity index (χ0v) is 21.0. The Bertz CT molecular complexity index is 1250. The van der Waals surface area contributed by atoms with Crippen LogP contribution in [0.15, 0.2) is 58.3 Å². The lowest BCUT2D eigenvalue weighted by atomic mass is 9.77. The van der Waals surface area contributed by atoms with Crippen LogP contribution in [-0.4, -0.2) is 17.4 Å². The van der Waals surface area contributed by atoms with E-state index in [4.69, 9.17) is 11.6 Å². The smallest absolute Gasteiger partial charge is 0.234 e. The Morgan fingerprint density at radius 1 is 1.18 bits per heavy atom. The highest BCUT2D eigenvalue weighted by Crippen LogP contribution is 2.44. The summed E-state index contributed by atoms with van der Waals surface area (Å²) in [6.07, 6.45) is 1.98. The van der Waals surface area contributed by atoms with Gasteiger partial charge in [0.05, 0.1) is 28.3 Å². The predicted molar refractivity (Wildman–Crippen MR) is 138 cm³/mol. The van der Waals surface area contributed by atoms with Gasteiger partial charge in [-0.25, -0.2) is 0 Å². The van der Waals surface area contributed by atoms with Crippen LogP contribution in [0.1, 0.15) is 47.4 Å². The number of nitrogens with zero attached hydrogens (tertiary/aromatic N) is 1. The molecule has 7 heteroatoms. The number of hydrogen-bond acceptors (Lipinski definition) is 5. The van der Waals surface area contributed by atoms with E-state index in [9.17, 15) is 14.9 Å². The number of anilines is 1. The number of carbonyl (C=O) groups excluding carboxylic acids is 2. The van der Waals surface area contributed by atoms with Gasteiger partial charge in [-0.1, -0.05) is 53.2 Å². The second kappa shape index (κ2) is 10.1. The molecule has 4 rings (SSSR count). The average Bonchev–Trinajstić information content (AvgIpc) is 2.80. The molecule has 0 spiro atoms. The topological polar surface area (TPSA) is 82.0 Å². The number of nitrogens with one attached hydrogen (secondary N) is 2. The summed E-state index contributed by atoms with van der Waals surface area (Å²) in [6.45, 7) is 5.99. The Morgan fingerprint density at radius 3 is 2.50 bits per heavy atom. The molecule has 2 aromatic carbocycles. The zero-order valence-electron chi connectivity index (χ0n) is 19.4. The number of amides is 1. The van der Waals surface area contributed by atoms with Gasteiger partial charge in [0.25, 0.3) is 0 Å². The van der Waals surface area contributed by atoms with Gasteiger partial charge >= 0.3 is 0 Å². The van der Waals surface area contributed by atoms with Crippen LogP contribution in [-0.2, 0) is 9.59 Å². The Hall–Kier alpha value is -3.01. The van der Waals surface area contributed by atoms with E-state index in [1.165, 1.54) is 11.8 Å². The van der Waals surface area contributed by atoms with Crippen LogP contribution in [0.4, 0.5) is 5.69 Å². The summed E-state index contributed by atoms with van der Waals surface area (Å²) in [5.74, 6) is -0.398. The predicted octanol–water partition coefficient (Wildman–Crippen LogP) is 6.07. The van der Waals surface area contributed by atoms with Crippen molar-refractivity contribution in [2.45, 2.75) is 46.0 Å². The second-order valence-corrected chi connectivity index (χ2v) is 10.2. The van der Waals surface area contributed by atoms with E-state index < -0.39 is 5.92 Å². The molecule has 0 unspecified atom stereocenters. The molecule has 0 bridgehead atoms. The zero-order chi connectivity index (χ0) is 24.4. The SMILES string of the molecule is Cc1cc(C)c(NC(=O)CSC2=C(C#N)[C@@H](c3ccc(Cl)cc3)C3=C(CCCC3=O)N2)c(C)c1. The maximum Gasteiger partial charge on any atom is 0.234 e. The van der Waals surface area contributed by atoms with Gasteiger partial charge in [-0.3, -0.25) is 9.59 Å². The fourth-order valence-corrected chi connectivity index (χ4v) is 5.70. The summed E-state index contributed by atoms with van der Waals surface area (Å²) < 4.78 is 0. The van der Waals surface area contributed by atoms with Gasteiger partial charge < -0.3 is 10.6 Å². The summed E-state index contributed by atoms with van der Waals surface area (Å²) in [5, 5.41) is 17.7. The summed E-state index contributed by atoms with van der Waals surface area (Å²) in [4.78, 5) is 25.7. The van der Waals surface area contributed by atoms with Crippen molar-refractivity contribution in [3.8, 4) is 6.07 Å². The summed E-state index contributed by atoms with van der Waals surface area (Å²) >= 11 is 7.37. The normalized spacial score (nSPS) is 17.7. The lowest BCUT2D eigenvalue weighted by Crippen LogP contribution is -2.31. The standard InChI is InChI=1S/C27H26ClN3O2S/c1-15-11-16(2)26(17(3)12-15)31-23(33)14-34-27-20(13-29)24(18-7-9-19(28)10-8-18)25-21(30-27)5-4-6-22(25)32/h7-12,24,30H,4-6,14H2,1-3H3,(H,31,33)/t24-/m1/s1. The van der Waals surface area contributed by atoms with Crippen molar-refractivity contribution in [1.82, 2.24) is 5.32 Å². The van der Waals surface area contributed by atoms with Crippen molar-refractivity contribution in [2.24, 2.45) is 0 Å². The Labute approximate surface area is 209 Å². The number of rotatable bonds is 5. The summed E-state index contributed by atoms with van der Waals surface area (Å²) in [5.41, 5.74) is 6.81. The fourth-order valence-electron chi connectivity index (χ4n) is 4.72. The number of ketones is 1. The number of Topliss-reactive ketones (excluding diaryl/α,β-unsaturated/α-hetero) is 1. The van der Waals surface area contributed by atoms with Crippen molar-refractivity contribution < 1.29 is 9.59 Å².